The molecule has 0 aliphatic rings. The number of ether oxygens (including phenoxy) is 3. The van der Waals surface area contributed by atoms with Crippen LogP contribution in [-0.2, 0) is 23.8 Å². The minimum Gasteiger partial charge on any atom is -0.463 e. The number of hydrogen-bond acceptors (Lipinski definition) is 5. The molecule has 0 aliphatic heterocycles. The van der Waals surface area contributed by atoms with Crippen molar-refractivity contribution in [2.45, 2.75) is 245 Å². The zero-order valence-corrected chi connectivity index (χ0v) is 33.9. The minimum absolute atomic E-state index is 0.161. The first kappa shape index (κ1) is 48.6. The minimum atomic E-state index is -0.391. The Bertz CT molecular complexity index is 682. The predicted molar refractivity (Wildman–Crippen MR) is 215 cm³/mol. The highest BCUT2D eigenvalue weighted by molar-refractivity contribution is 5.69. The van der Waals surface area contributed by atoms with E-state index in [1.165, 1.54) is 167 Å². The quantitative estimate of drug-likeness (QED) is 0.0360. The summed E-state index contributed by atoms with van der Waals surface area (Å²) in [6.45, 7) is 7.70. The van der Waals surface area contributed by atoms with Gasteiger partial charge in [-0.1, -0.05) is 193 Å². The summed E-state index contributed by atoms with van der Waals surface area (Å²) in [6.07, 6.45) is 45.1. The van der Waals surface area contributed by atoms with E-state index in [-0.39, 0.29) is 25.2 Å². The zero-order chi connectivity index (χ0) is 36.4. The van der Waals surface area contributed by atoms with Crippen molar-refractivity contribution in [1.29, 1.82) is 0 Å². The summed E-state index contributed by atoms with van der Waals surface area (Å²) >= 11 is 0. The molecule has 0 heterocycles. The maximum absolute atomic E-state index is 12.4. The number of carbonyl (C=O) groups is 2. The van der Waals surface area contributed by atoms with Crippen LogP contribution in [0.25, 0.3) is 0 Å². The second-order valence-electron chi connectivity index (χ2n) is 15.0. The molecular weight excluding hydrogens is 620 g/mol. The van der Waals surface area contributed by atoms with Gasteiger partial charge in [-0.05, 0) is 44.9 Å². The Hall–Kier alpha value is -1.36. The van der Waals surface area contributed by atoms with Crippen LogP contribution in [0.1, 0.15) is 239 Å². The van der Waals surface area contributed by atoms with Gasteiger partial charge in [-0.3, -0.25) is 9.59 Å². The van der Waals surface area contributed by atoms with E-state index in [1.807, 2.05) is 0 Å². The van der Waals surface area contributed by atoms with Gasteiger partial charge in [-0.25, -0.2) is 0 Å². The molecule has 50 heavy (non-hydrogen) atoms. The Balaban J connectivity index is 4.18. The van der Waals surface area contributed by atoms with E-state index < -0.39 is 6.10 Å². The van der Waals surface area contributed by atoms with Crippen molar-refractivity contribution < 1.29 is 23.8 Å². The molecule has 0 radical (unpaired) electrons. The molecule has 0 aromatic carbocycles. The molecule has 0 fully saturated rings. The first-order valence-electron chi connectivity index (χ1n) is 22.2. The van der Waals surface area contributed by atoms with Crippen LogP contribution in [0.5, 0.6) is 0 Å². The van der Waals surface area contributed by atoms with Gasteiger partial charge in [0.1, 0.15) is 19.3 Å². The first-order chi connectivity index (χ1) is 24.6. The highest BCUT2D eigenvalue weighted by Gasteiger charge is 2.16. The van der Waals surface area contributed by atoms with Crippen molar-refractivity contribution in [3.05, 3.63) is 12.2 Å². The molecule has 0 unspecified atom stereocenters. The van der Waals surface area contributed by atoms with Gasteiger partial charge in [0.25, 0.3) is 0 Å². The average Bonchev–Trinajstić information content (AvgIpc) is 3.12. The van der Waals surface area contributed by atoms with Crippen molar-refractivity contribution in [2.75, 3.05) is 19.8 Å². The van der Waals surface area contributed by atoms with E-state index in [4.69, 9.17) is 14.2 Å². The zero-order valence-electron chi connectivity index (χ0n) is 33.9. The molecule has 0 saturated heterocycles. The third kappa shape index (κ3) is 39.4. The van der Waals surface area contributed by atoms with Gasteiger partial charge in [0.2, 0.25) is 0 Å². The summed E-state index contributed by atoms with van der Waals surface area (Å²) in [4.78, 5) is 24.9. The van der Waals surface area contributed by atoms with E-state index >= 15 is 0 Å². The van der Waals surface area contributed by atoms with Crippen molar-refractivity contribution in [3.63, 3.8) is 0 Å². The summed E-state index contributed by atoms with van der Waals surface area (Å²) in [5, 5.41) is 0. The Morgan fingerprint density at radius 3 is 1.06 bits per heavy atom. The van der Waals surface area contributed by atoms with Crippen LogP contribution in [-0.4, -0.2) is 37.9 Å². The molecule has 0 aliphatic carbocycles. The van der Waals surface area contributed by atoms with E-state index in [9.17, 15) is 9.59 Å². The second-order valence-corrected chi connectivity index (χ2v) is 15.0. The predicted octanol–water partition coefficient (Wildman–Crippen LogP) is 14.3. The van der Waals surface area contributed by atoms with Gasteiger partial charge in [-0.15, -0.1) is 0 Å². The fourth-order valence-corrected chi connectivity index (χ4v) is 6.42. The molecule has 0 aromatic rings. The second kappa shape index (κ2) is 42.1. The average molecular weight is 707 g/mol. The number of allylic oxidation sites excluding steroid dienone is 2. The number of hydrogen-bond donors (Lipinski definition) is 0. The van der Waals surface area contributed by atoms with Gasteiger partial charge >= 0.3 is 11.9 Å². The Morgan fingerprint density at radius 1 is 0.400 bits per heavy atom. The molecule has 0 bridgehead atoms. The molecule has 0 spiro atoms. The normalized spacial score (nSPS) is 11.6. The van der Waals surface area contributed by atoms with Crippen molar-refractivity contribution in [3.8, 4) is 0 Å². The highest BCUT2D eigenvalue weighted by atomic mass is 16.6. The molecular formula is C45H86O5. The lowest BCUT2D eigenvalue weighted by Gasteiger charge is -2.18. The van der Waals surface area contributed by atoms with Gasteiger partial charge in [0.05, 0.1) is 0 Å². The van der Waals surface area contributed by atoms with E-state index in [1.54, 1.807) is 0 Å². The fourth-order valence-electron chi connectivity index (χ4n) is 6.42. The molecule has 0 atom stereocenters. The summed E-state index contributed by atoms with van der Waals surface area (Å²) < 4.78 is 17.3. The monoisotopic (exact) mass is 707 g/mol. The van der Waals surface area contributed by atoms with Crippen LogP contribution in [0.4, 0.5) is 0 Å². The number of unbranched alkanes of at least 4 members (excludes halogenated alkanes) is 28. The topological polar surface area (TPSA) is 61.8 Å². The molecule has 0 rings (SSSR count). The van der Waals surface area contributed by atoms with E-state index in [0.717, 1.165) is 38.5 Å². The SMILES string of the molecule is CCCCCCCC/C=C\CCCCCCCCOC(COC(=O)CCCCCCCCCCC)COC(=O)CCCCCCCCCCC. The molecule has 0 N–H and O–H groups in total. The smallest absolute Gasteiger partial charge is 0.305 e. The Kier molecular flexibility index (Phi) is 40.9. The number of carbonyl (C=O) groups excluding carboxylic acids is 2. The van der Waals surface area contributed by atoms with Crippen molar-refractivity contribution >= 4 is 11.9 Å². The van der Waals surface area contributed by atoms with Crippen LogP contribution < -0.4 is 0 Å². The van der Waals surface area contributed by atoms with Crippen molar-refractivity contribution in [1.82, 2.24) is 0 Å². The van der Waals surface area contributed by atoms with Gasteiger partial charge in [0.15, 0.2) is 0 Å². The van der Waals surface area contributed by atoms with Crippen LogP contribution in [0, 0.1) is 0 Å². The lowest BCUT2D eigenvalue weighted by molar-refractivity contribution is -0.155. The molecule has 296 valence electrons. The molecule has 0 saturated carbocycles. The fraction of sp³-hybridized carbons (Fsp3) is 0.911. The van der Waals surface area contributed by atoms with E-state index in [2.05, 4.69) is 32.9 Å². The van der Waals surface area contributed by atoms with Gasteiger partial charge in [0, 0.05) is 19.4 Å². The number of esters is 2. The third-order valence-electron chi connectivity index (χ3n) is 9.84. The summed E-state index contributed by atoms with van der Waals surface area (Å²) in [6, 6.07) is 0. The lowest BCUT2D eigenvalue weighted by atomic mass is 10.1. The maximum atomic E-state index is 12.4. The summed E-state index contributed by atoms with van der Waals surface area (Å²) in [5.74, 6) is -0.334. The van der Waals surface area contributed by atoms with Gasteiger partial charge in [-0.2, -0.15) is 0 Å². The lowest BCUT2D eigenvalue weighted by Crippen LogP contribution is -2.29. The summed E-state index contributed by atoms with van der Waals surface area (Å²) in [7, 11) is 0. The molecule has 0 amide bonds. The van der Waals surface area contributed by atoms with Crippen LogP contribution in [0.2, 0.25) is 0 Å². The Labute approximate surface area is 312 Å². The van der Waals surface area contributed by atoms with Crippen LogP contribution >= 0.6 is 0 Å². The first-order valence-corrected chi connectivity index (χ1v) is 22.2. The Morgan fingerprint density at radius 2 is 0.700 bits per heavy atom. The van der Waals surface area contributed by atoms with Gasteiger partial charge < -0.3 is 14.2 Å². The largest absolute Gasteiger partial charge is 0.463 e. The highest BCUT2D eigenvalue weighted by Crippen LogP contribution is 2.14. The molecule has 0 aromatic heterocycles. The van der Waals surface area contributed by atoms with Crippen LogP contribution in [0.3, 0.4) is 0 Å². The van der Waals surface area contributed by atoms with E-state index in [0.29, 0.717) is 19.4 Å². The standard InChI is InChI=1S/C45H86O5/c1-4-7-10-13-16-19-20-21-22-23-24-25-28-31-34-37-40-48-43(41-49-44(46)38-35-32-29-26-17-14-11-8-5-2)42-50-45(47)39-36-33-30-27-18-15-12-9-6-3/h21-22,43H,4-20,23-42H2,1-3H3/b22-21-. The third-order valence-corrected chi connectivity index (χ3v) is 9.84. The maximum Gasteiger partial charge on any atom is 0.305 e. The van der Waals surface area contributed by atoms with Crippen LogP contribution in [0.15, 0.2) is 12.2 Å². The summed E-state index contributed by atoms with van der Waals surface area (Å²) in [5.41, 5.74) is 0. The molecule has 5 nitrogen and oxygen atoms in total. The van der Waals surface area contributed by atoms with Crippen molar-refractivity contribution in [2.24, 2.45) is 0 Å². The molecule has 5 heteroatoms. The number of rotatable bonds is 41.